The third kappa shape index (κ3) is 4.83. The molecule has 7 heteroatoms. The van der Waals surface area contributed by atoms with Gasteiger partial charge in [-0.2, -0.15) is 4.68 Å². The van der Waals surface area contributed by atoms with Gasteiger partial charge >= 0.3 is 0 Å². The largest absolute Gasteiger partial charge is 0.477 e. The maximum Gasteiger partial charge on any atom is 0.295 e. The topological polar surface area (TPSA) is 68.6 Å². The van der Waals surface area contributed by atoms with Gasteiger partial charge < -0.3 is 14.8 Å². The Labute approximate surface area is 153 Å². The van der Waals surface area contributed by atoms with E-state index in [9.17, 15) is 4.79 Å². The fourth-order valence-electron chi connectivity index (χ4n) is 2.91. The van der Waals surface area contributed by atoms with Crippen LogP contribution in [0.3, 0.4) is 0 Å². The number of hydrogen-bond acceptors (Lipinski definition) is 6. The Kier molecular flexibility index (Phi) is 6.62. The first-order valence-electron chi connectivity index (χ1n) is 9.14. The molecular formula is C19H26N4O3. The van der Waals surface area contributed by atoms with E-state index in [0.29, 0.717) is 18.2 Å². The van der Waals surface area contributed by atoms with Crippen LogP contribution in [0.1, 0.15) is 13.3 Å². The average Bonchev–Trinajstić information content (AvgIpc) is 2.69. The molecule has 1 aliphatic rings. The number of nitrogens with zero attached hydrogens (tertiary/aromatic N) is 3. The first-order valence-corrected chi connectivity index (χ1v) is 9.14. The number of ether oxygens (including phenoxy) is 2. The molecule has 2 aromatic rings. The van der Waals surface area contributed by atoms with Gasteiger partial charge in [-0.15, -0.1) is 5.10 Å². The predicted octanol–water partition coefficient (Wildman–Crippen LogP) is 1.77. The van der Waals surface area contributed by atoms with E-state index in [1.807, 2.05) is 37.3 Å². The minimum absolute atomic E-state index is 0.175. The first-order chi connectivity index (χ1) is 12.8. The molecule has 0 spiro atoms. The number of hydrogen-bond donors (Lipinski definition) is 1. The van der Waals surface area contributed by atoms with Crippen LogP contribution in [0.2, 0.25) is 0 Å². The molecule has 1 N–H and O–H groups in total. The fraction of sp³-hybridized carbons (Fsp3) is 0.474. The molecule has 26 heavy (non-hydrogen) atoms. The monoisotopic (exact) mass is 358 g/mol. The molecule has 0 radical (unpaired) electrons. The van der Waals surface area contributed by atoms with Crippen molar-refractivity contribution in [2.45, 2.75) is 13.3 Å². The number of morpholine rings is 1. The van der Waals surface area contributed by atoms with Crippen LogP contribution in [0, 0.1) is 0 Å². The Morgan fingerprint density at radius 1 is 1.23 bits per heavy atom. The number of aromatic nitrogens is 2. The number of para-hydroxylation sites is 1. The van der Waals surface area contributed by atoms with Gasteiger partial charge in [0.2, 0.25) is 5.88 Å². The quantitative estimate of drug-likeness (QED) is 0.726. The normalized spacial score (nSPS) is 15.0. The summed E-state index contributed by atoms with van der Waals surface area (Å²) in [6.45, 7) is 7.67. The minimum atomic E-state index is -0.175. The van der Waals surface area contributed by atoms with E-state index in [-0.39, 0.29) is 5.56 Å². The van der Waals surface area contributed by atoms with Gasteiger partial charge in [0.25, 0.3) is 5.56 Å². The lowest BCUT2D eigenvalue weighted by molar-refractivity contribution is 0.0378. The van der Waals surface area contributed by atoms with Crippen LogP contribution < -0.4 is 15.6 Å². The molecule has 140 valence electrons. The van der Waals surface area contributed by atoms with E-state index in [4.69, 9.17) is 9.47 Å². The lowest BCUT2D eigenvalue weighted by Crippen LogP contribution is -2.37. The van der Waals surface area contributed by atoms with Crippen LogP contribution >= 0.6 is 0 Å². The molecular weight excluding hydrogens is 332 g/mol. The Hall–Kier alpha value is -2.38. The highest BCUT2D eigenvalue weighted by Gasteiger charge is 2.12. The van der Waals surface area contributed by atoms with Crippen molar-refractivity contribution in [1.82, 2.24) is 14.7 Å². The summed E-state index contributed by atoms with van der Waals surface area (Å²) in [5.74, 6) is 0.437. The Bertz CT molecular complexity index is 742. The third-order valence-electron chi connectivity index (χ3n) is 4.25. The van der Waals surface area contributed by atoms with Gasteiger partial charge in [0.05, 0.1) is 25.5 Å². The number of rotatable bonds is 8. The molecule has 2 heterocycles. The summed E-state index contributed by atoms with van der Waals surface area (Å²) in [6.07, 6.45) is 0.955. The zero-order chi connectivity index (χ0) is 18.2. The van der Waals surface area contributed by atoms with E-state index >= 15 is 0 Å². The molecule has 0 bridgehead atoms. The zero-order valence-electron chi connectivity index (χ0n) is 15.2. The van der Waals surface area contributed by atoms with Gasteiger partial charge in [-0.05, 0) is 32.0 Å². The highest BCUT2D eigenvalue weighted by molar-refractivity contribution is 5.46. The molecule has 1 fully saturated rings. The van der Waals surface area contributed by atoms with Crippen molar-refractivity contribution in [3.8, 4) is 11.6 Å². The molecule has 1 aliphatic heterocycles. The second-order valence-corrected chi connectivity index (χ2v) is 6.12. The Morgan fingerprint density at radius 3 is 2.73 bits per heavy atom. The van der Waals surface area contributed by atoms with Crippen LogP contribution in [-0.2, 0) is 4.74 Å². The predicted molar refractivity (Wildman–Crippen MR) is 101 cm³/mol. The molecule has 0 atom stereocenters. The van der Waals surface area contributed by atoms with Crippen molar-refractivity contribution < 1.29 is 9.47 Å². The van der Waals surface area contributed by atoms with Gasteiger partial charge in [0, 0.05) is 25.7 Å². The molecule has 1 saturated heterocycles. The summed E-state index contributed by atoms with van der Waals surface area (Å²) in [5, 5.41) is 7.56. The molecule has 1 aromatic carbocycles. The SMILES string of the molecule is CCOc1cc(NCCCN2CCOCC2)c(=O)n(-c2ccccc2)n1. The van der Waals surface area contributed by atoms with Crippen LogP contribution in [0.15, 0.2) is 41.2 Å². The summed E-state index contributed by atoms with van der Waals surface area (Å²) in [4.78, 5) is 15.2. The van der Waals surface area contributed by atoms with Crippen LogP contribution in [0.5, 0.6) is 5.88 Å². The molecule has 0 unspecified atom stereocenters. The van der Waals surface area contributed by atoms with Crippen LogP contribution in [-0.4, -0.2) is 60.7 Å². The van der Waals surface area contributed by atoms with E-state index < -0.39 is 0 Å². The first kappa shape index (κ1) is 18.4. The third-order valence-corrected chi connectivity index (χ3v) is 4.25. The number of nitrogens with one attached hydrogen (secondary N) is 1. The summed E-state index contributed by atoms with van der Waals surface area (Å²) < 4.78 is 12.3. The van der Waals surface area contributed by atoms with E-state index in [0.717, 1.165) is 51.5 Å². The van der Waals surface area contributed by atoms with Gasteiger partial charge in [-0.3, -0.25) is 9.69 Å². The van der Waals surface area contributed by atoms with Crippen LogP contribution in [0.25, 0.3) is 5.69 Å². The van der Waals surface area contributed by atoms with E-state index in [1.54, 1.807) is 6.07 Å². The molecule has 1 aromatic heterocycles. The summed E-state index contributed by atoms with van der Waals surface area (Å²) >= 11 is 0. The second kappa shape index (κ2) is 9.35. The van der Waals surface area contributed by atoms with Crippen molar-refractivity contribution in [3.63, 3.8) is 0 Å². The number of benzene rings is 1. The van der Waals surface area contributed by atoms with Crippen molar-refractivity contribution in [2.75, 3.05) is 51.3 Å². The lowest BCUT2D eigenvalue weighted by Gasteiger charge is -2.26. The maximum atomic E-state index is 12.8. The fourth-order valence-corrected chi connectivity index (χ4v) is 2.91. The Balaban J connectivity index is 1.69. The maximum absolute atomic E-state index is 12.8. The molecule has 0 amide bonds. The smallest absolute Gasteiger partial charge is 0.295 e. The average molecular weight is 358 g/mol. The number of anilines is 1. The molecule has 3 rings (SSSR count). The lowest BCUT2D eigenvalue weighted by atomic mass is 10.3. The molecule has 0 aliphatic carbocycles. The zero-order valence-corrected chi connectivity index (χ0v) is 15.2. The van der Waals surface area contributed by atoms with Crippen molar-refractivity contribution in [1.29, 1.82) is 0 Å². The van der Waals surface area contributed by atoms with Gasteiger partial charge in [0.15, 0.2) is 0 Å². The van der Waals surface area contributed by atoms with E-state index in [1.165, 1.54) is 4.68 Å². The van der Waals surface area contributed by atoms with Gasteiger partial charge in [-0.25, -0.2) is 0 Å². The summed E-state index contributed by atoms with van der Waals surface area (Å²) in [6, 6.07) is 11.1. The van der Waals surface area contributed by atoms with E-state index in [2.05, 4.69) is 15.3 Å². The van der Waals surface area contributed by atoms with Gasteiger partial charge in [-0.1, -0.05) is 18.2 Å². The summed E-state index contributed by atoms with van der Waals surface area (Å²) in [7, 11) is 0. The highest BCUT2D eigenvalue weighted by atomic mass is 16.5. The minimum Gasteiger partial charge on any atom is -0.477 e. The Morgan fingerprint density at radius 2 is 2.00 bits per heavy atom. The molecule has 0 saturated carbocycles. The molecule has 7 nitrogen and oxygen atoms in total. The summed E-state index contributed by atoms with van der Waals surface area (Å²) in [5.41, 5.74) is 1.05. The van der Waals surface area contributed by atoms with Crippen molar-refractivity contribution in [2.24, 2.45) is 0 Å². The van der Waals surface area contributed by atoms with Crippen molar-refractivity contribution in [3.05, 3.63) is 46.8 Å². The second-order valence-electron chi connectivity index (χ2n) is 6.12. The highest BCUT2D eigenvalue weighted by Crippen LogP contribution is 2.13. The van der Waals surface area contributed by atoms with Crippen LogP contribution in [0.4, 0.5) is 5.69 Å². The standard InChI is InChI=1S/C19H26N4O3/c1-2-26-18-15-17(20-9-6-10-22-11-13-25-14-12-22)19(24)23(21-18)16-7-4-3-5-8-16/h3-5,7-8,15,20H,2,6,9-14H2,1H3. The van der Waals surface area contributed by atoms with Gasteiger partial charge in [0.1, 0.15) is 5.69 Å². The van der Waals surface area contributed by atoms with Crippen molar-refractivity contribution >= 4 is 5.69 Å².